The van der Waals surface area contributed by atoms with Crippen molar-refractivity contribution in [3.05, 3.63) is 47.0 Å². The van der Waals surface area contributed by atoms with E-state index in [9.17, 15) is 9.59 Å². The van der Waals surface area contributed by atoms with Crippen molar-refractivity contribution in [3.63, 3.8) is 0 Å². The number of hydrogen-bond donors (Lipinski definition) is 0. The SMILES string of the molecule is CC[C@H](CC[C@@H](C)C1CCC2[C@@H]3CC=C4C[C@@H](CCCCN5C(=O)c6ccccc6C5=O)CCC4(C)C3CCC21C)C(C)C. The number of carbonyl (C=O) groups excluding carboxylic acids is 2. The molecule has 44 heavy (non-hydrogen) atoms. The third kappa shape index (κ3) is 5.55. The van der Waals surface area contributed by atoms with Gasteiger partial charge in [0.05, 0.1) is 11.1 Å². The van der Waals surface area contributed by atoms with Crippen LogP contribution in [0.5, 0.6) is 0 Å². The summed E-state index contributed by atoms with van der Waals surface area (Å²) in [7, 11) is 0. The molecule has 0 radical (unpaired) electrons. The number of hydrogen-bond acceptors (Lipinski definition) is 2. The van der Waals surface area contributed by atoms with Crippen LogP contribution in [0.25, 0.3) is 0 Å². The van der Waals surface area contributed by atoms with E-state index in [1.54, 1.807) is 17.7 Å². The Morgan fingerprint density at radius 2 is 1.61 bits per heavy atom. The van der Waals surface area contributed by atoms with Gasteiger partial charge in [-0.3, -0.25) is 14.5 Å². The molecule has 1 aromatic rings. The predicted octanol–water partition coefficient (Wildman–Crippen LogP) is 10.7. The van der Waals surface area contributed by atoms with Crippen LogP contribution in [0.4, 0.5) is 0 Å². The zero-order chi connectivity index (χ0) is 31.2. The molecular weight excluding hydrogens is 538 g/mol. The lowest BCUT2D eigenvalue weighted by Gasteiger charge is -2.58. The standard InChI is InChI=1S/C41H61NO2/c1-7-30(27(2)3)16-15-28(4)35-19-20-36-34-18-17-31-26-29(21-23-40(31,5)37(34)22-24-41(35,36)6)12-10-11-25-42-38(43)32-13-8-9-14-33(32)39(42)44/h8-9,13-14,17,27-30,34-37H,7,10-12,15-16,18-26H2,1-6H3/t28-,29+,30-,34+,35?,36?,37?,40?,41?/m1/s1. The minimum absolute atomic E-state index is 0.108. The Labute approximate surface area is 269 Å². The molecule has 2 amide bonds. The molecule has 1 aliphatic heterocycles. The normalized spacial score (nSPS) is 36.0. The molecule has 1 aromatic carbocycles. The predicted molar refractivity (Wildman–Crippen MR) is 181 cm³/mol. The largest absolute Gasteiger partial charge is 0.274 e. The van der Waals surface area contributed by atoms with Gasteiger partial charge in [0.2, 0.25) is 0 Å². The van der Waals surface area contributed by atoms with Crippen molar-refractivity contribution >= 4 is 11.8 Å². The van der Waals surface area contributed by atoms with Gasteiger partial charge in [-0.1, -0.05) is 91.0 Å². The van der Waals surface area contributed by atoms with E-state index >= 15 is 0 Å². The van der Waals surface area contributed by atoms with E-state index < -0.39 is 0 Å². The number of rotatable bonds is 11. The maximum atomic E-state index is 12.7. The molecule has 5 aliphatic rings. The molecule has 3 fully saturated rings. The van der Waals surface area contributed by atoms with Gasteiger partial charge in [0.25, 0.3) is 11.8 Å². The zero-order valence-electron chi connectivity index (χ0n) is 28.9. The van der Waals surface area contributed by atoms with Gasteiger partial charge < -0.3 is 0 Å². The summed E-state index contributed by atoms with van der Waals surface area (Å²) in [6.45, 7) is 15.8. The monoisotopic (exact) mass is 599 g/mol. The van der Waals surface area contributed by atoms with Crippen LogP contribution in [0.15, 0.2) is 35.9 Å². The van der Waals surface area contributed by atoms with Gasteiger partial charge in [0.15, 0.2) is 0 Å². The average molecular weight is 600 g/mol. The lowest BCUT2D eigenvalue weighted by Crippen LogP contribution is -2.50. The zero-order valence-corrected chi connectivity index (χ0v) is 28.9. The van der Waals surface area contributed by atoms with Gasteiger partial charge >= 0.3 is 0 Å². The molecule has 0 N–H and O–H groups in total. The molecular formula is C41H61NO2. The van der Waals surface area contributed by atoms with Gasteiger partial charge in [-0.05, 0) is 135 Å². The lowest BCUT2D eigenvalue weighted by atomic mass is 9.46. The Morgan fingerprint density at radius 1 is 0.886 bits per heavy atom. The van der Waals surface area contributed by atoms with Crippen LogP contribution in [0.3, 0.4) is 0 Å². The topological polar surface area (TPSA) is 37.4 Å². The Bertz CT molecular complexity index is 1210. The van der Waals surface area contributed by atoms with Gasteiger partial charge in [0, 0.05) is 6.54 Å². The summed E-state index contributed by atoms with van der Waals surface area (Å²) in [6, 6.07) is 7.26. The smallest absolute Gasteiger partial charge is 0.261 e. The number of allylic oxidation sites excluding steroid dienone is 2. The quantitative estimate of drug-likeness (QED) is 0.144. The number of imide groups is 1. The number of carbonyl (C=O) groups is 2. The second-order valence-corrected chi connectivity index (χ2v) is 16.9. The second-order valence-electron chi connectivity index (χ2n) is 16.9. The van der Waals surface area contributed by atoms with Crippen LogP contribution in [0.2, 0.25) is 0 Å². The molecule has 1 heterocycles. The summed E-state index contributed by atoms with van der Waals surface area (Å²) in [4.78, 5) is 26.9. The number of nitrogens with zero attached hydrogens (tertiary/aromatic N) is 1. The Hall–Kier alpha value is -1.90. The second kappa shape index (κ2) is 12.7. The summed E-state index contributed by atoms with van der Waals surface area (Å²) < 4.78 is 0. The average Bonchev–Trinajstić information content (AvgIpc) is 3.49. The van der Waals surface area contributed by atoms with Crippen molar-refractivity contribution in [1.82, 2.24) is 4.90 Å². The van der Waals surface area contributed by atoms with Gasteiger partial charge in [-0.2, -0.15) is 0 Å². The number of unbranched alkanes of at least 4 members (excludes halogenated alkanes) is 1. The first-order valence-corrected chi connectivity index (χ1v) is 18.7. The highest BCUT2D eigenvalue weighted by Gasteiger charge is 2.59. The van der Waals surface area contributed by atoms with Crippen molar-refractivity contribution < 1.29 is 9.59 Å². The molecule has 6 rings (SSSR count). The first-order valence-electron chi connectivity index (χ1n) is 18.7. The molecule has 4 aliphatic carbocycles. The Kier molecular flexibility index (Phi) is 9.26. The van der Waals surface area contributed by atoms with E-state index in [-0.39, 0.29) is 11.8 Å². The van der Waals surface area contributed by atoms with Crippen LogP contribution in [-0.2, 0) is 0 Å². The molecule has 9 atom stereocenters. The minimum Gasteiger partial charge on any atom is -0.274 e. The van der Waals surface area contributed by atoms with Crippen LogP contribution in [0, 0.1) is 58.2 Å². The van der Waals surface area contributed by atoms with Gasteiger partial charge in [-0.25, -0.2) is 0 Å². The van der Waals surface area contributed by atoms with Crippen LogP contribution in [-0.4, -0.2) is 23.3 Å². The van der Waals surface area contributed by atoms with E-state index in [0.29, 0.717) is 28.5 Å². The number of benzene rings is 1. The third-order valence-electron chi connectivity index (χ3n) is 14.5. The van der Waals surface area contributed by atoms with Crippen molar-refractivity contribution in [3.8, 4) is 0 Å². The fourth-order valence-electron chi connectivity index (χ4n) is 11.8. The highest BCUT2D eigenvalue weighted by atomic mass is 16.2. The maximum absolute atomic E-state index is 12.7. The number of amides is 2. The molecule has 3 saturated carbocycles. The van der Waals surface area contributed by atoms with Gasteiger partial charge in [-0.15, -0.1) is 0 Å². The van der Waals surface area contributed by atoms with Crippen LogP contribution in [0.1, 0.15) is 152 Å². The van der Waals surface area contributed by atoms with Crippen molar-refractivity contribution in [2.75, 3.05) is 6.54 Å². The summed E-state index contributed by atoms with van der Waals surface area (Å²) >= 11 is 0. The first-order chi connectivity index (χ1) is 21.1. The van der Waals surface area contributed by atoms with Crippen LogP contribution >= 0.6 is 0 Å². The van der Waals surface area contributed by atoms with Crippen LogP contribution < -0.4 is 0 Å². The molecule has 0 saturated heterocycles. The Morgan fingerprint density at radius 3 is 2.30 bits per heavy atom. The minimum atomic E-state index is -0.108. The van der Waals surface area contributed by atoms with E-state index in [4.69, 9.17) is 0 Å². The van der Waals surface area contributed by atoms with E-state index in [2.05, 4.69) is 47.6 Å². The Balaban J connectivity index is 1.02. The molecule has 3 heteroatoms. The molecule has 0 bridgehead atoms. The fraction of sp³-hybridized carbons (Fsp3) is 0.756. The summed E-state index contributed by atoms with van der Waals surface area (Å²) in [5, 5.41) is 0. The first kappa shape index (κ1) is 32.1. The fourth-order valence-corrected chi connectivity index (χ4v) is 11.8. The molecule has 5 unspecified atom stereocenters. The van der Waals surface area contributed by atoms with Gasteiger partial charge in [0.1, 0.15) is 0 Å². The van der Waals surface area contributed by atoms with E-state index in [0.717, 1.165) is 60.2 Å². The van der Waals surface area contributed by atoms with Crippen molar-refractivity contribution in [1.29, 1.82) is 0 Å². The summed E-state index contributed by atoms with van der Waals surface area (Å²) in [6.07, 6.45) is 21.3. The molecule has 0 aromatic heterocycles. The molecule has 3 nitrogen and oxygen atoms in total. The molecule has 242 valence electrons. The summed E-state index contributed by atoms with van der Waals surface area (Å²) in [5.41, 5.74) is 3.91. The van der Waals surface area contributed by atoms with Crippen molar-refractivity contribution in [2.24, 2.45) is 58.2 Å². The lowest BCUT2D eigenvalue weighted by molar-refractivity contribution is -0.0532. The van der Waals surface area contributed by atoms with E-state index in [1.807, 2.05) is 12.1 Å². The van der Waals surface area contributed by atoms with Crippen molar-refractivity contribution in [2.45, 2.75) is 131 Å². The third-order valence-corrected chi connectivity index (χ3v) is 14.5. The highest BCUT2D eigenvalue weighted by molar-refractivity contribution is 6.21. The summed E-state index contributed by atoms with van der Waals surface area (Å²) in [5.74, 6) is 6.76. The van der Waals surface area contributed by atoms with E-state index in [1.165, 1.54) is 81.9 Å². The highest BCUT2D eigenvalue weighted by Crippen LogP contribution is 2.67. The number of fused-ring (bicyclic) bond motifs is 6. The molecule has 0 spiro atoms. The maximum Gasteiger partial charge on any atom is 0.261 e.